The normalized spacial score (nSPS) is 28.1. The molecular weight excluding hydrogens is 232 g/mol. The third-order valence-electron chi connectivity index (χ3n) is 5.22. The number of nitrogen functional groups attached to an aromatic ring is 1. The third kappa shape index (κ3) is 2.64. The van der Waals surface area contributed by atoms with Gasteiger partial charge in [0.1, 0.15) is 0 Å². The van der Waals surface area contributed by atoms with E-state index in [0.29, 0.717) is 0 Å². The Bertz CT molecular complexity index is 439. The molecule has 2 nitrogen and oxygen atoms in total. The quantitative estimate of drug-likeness (QED) is 0.819. The highest BCUT2D eigenvalue weighted by Crippen LogP contribution is 2.36. The molecule has 2 heteroatoms. The second-order valence-electron chi connectivity index (χ2n) is 6.36. The van der Waals surface area contributed by atoms with E-state index >= 15 is 0 Å². The summed E-state index contributed by atoms with van der Waals surface area (Å²) in [5.41, 5.74) is 9.68. The molecule has 2 unspecified atom stereocenters. The lowest BCUT2D eigenvalue weighted by molar-refractivity contribution is 0.0546. The van der Waals surface area contributed by atoms with Crippen molar-refractivity contribution in [2.75, 3.05) is 12.3 Å². The van der Waals surface area contributed by atoms with Gasteiger partial charge in [-0.2, -0.15) is 0 Å². The van der Waals surface area contributed by atoms with E-state index in [2.05, 4.69) is 24.0 Å². The Morgan fingerprint density at radius 2 is 1.95 bits per heavy atom. The molecule has 1 saturated carbocycles. The molecule has 1 aromatic carbocycles. The van der Waals surface area contributed by atoms with Gasteiger partial charge >= 0.3 is 0 Å². The van der Waals surface area contributed by atoms with Gasteiger partial charge in [-0.1, -0.05) is 25.0 Å². The van der Waals surface area contributed by atoms with Crippen molar-refractivity contribution in [2.45, 2.75) is 58.0 Å². The number of benzene rings is 1. The lowest BCUT2D eigenvalue weighted by atomic mass is 9.78. The Morgan fingerprint density at radius 3 is 2.84 bits per heavy atom. The number of fused-ring (bicyclic) bond motifs is 1. The van der Waals surface area contributed by atoms with Crippen molar-refractivity contribution in [3.05, 3.63) is 29.3 Å². The van der Waals surface area contributed by atoms with E-state index in [-0.39, 0.29) is 0 Å². The number of piperidine rings is 1. The summed E-state index contributed by atoms with van der Waals surface area (Å²) in [4.78, 5) is 2.73. The van der Waals surface area contributed by atoms with Crippen LogP contribution in [-0.2, 0) is 6.54 Å². The molecule has 1 aromatic rings. The molecule has 0 aromatic heterocycles. The maximum atomic E-state index is 6.04. The van der Waals surface area contributed by atoms with Crippen LogP contribution in [0.15, 0.2) is 18.2 Å². The minimum atomic E-state index is 0.836. The average Bonchev–Trinajstić information content (AvgIpc) is 2.44. The predicted octanol–water partition coefficient (Wildman–Crippen LogP) is 3.73. The SMILES string of the molecule is Cc1c(N)cccc1CN1CCCC2CCCCC21. The van der Waals surface area contributed by atoms with Crippen LogP contribution < -0.4 is 5.73 Å². The van der Waals surface area contributed by atoms with Crippen molar-refractivity contribution in [3.8, 4) is 0 Å². The summed E-state index contributed by atoms with van der Waals surface area (Å²) in [7, 11) is 0. The van der Waals surface area contributed by atoms with Crippen LogP contribution in [0.25, 0.3) is 0 Å². The lowest BCUT2D eigenvalue weighted by Crippen LogP contribution is -2.46. The summed E-state index contributed by atoms with van der Waals surface area (Å²) in [6.07, 6.45) is 8.57. The van der Waals surface area contributed by atoms with Gasteiger partial charge in [-0.25, -0.2) is 0 Å². The van der Waals surface area contributed by atoms with Gasteiger partial charge in [0.15, 0.2) is 0 Å². The van der Waals surface area contributed by atoms with Crippen LogP contribution in [0.2, 0.25) is 0 Å². The molecule has 2 N–H and O–H groups in total. The first-order chi connectivity index (χ1) is 9.25. The molecule has 104 valence electrons. The van der Waals surface area contributed by atoms with Crippen LogP contribution in [0.4, 0.5) is 5.69 Å². The number of anilines is 1. The van der Waals surface area contributed by atoms with Crippen LogP contribution in [-0.4, -0.2) is 17.5 Å². The number of nitrogens with two attached hydrogens (primary N) is 1. The lowest BCUT2D eigenvalue weighted by Gasteiger charge is -2.44. The van der Waals surface area contributed by atoms with Crippen LogP contribution >= 0.6 is 0 Å². The second-order valence-corrected chi connectivity index (χ2v) is 6.36. The van der Waals surface area contributed by atoms with E-state index in [0.717, 1.165) is 24.2 Å². The van der Waals surface area contributed by atoms with Crippen molar-refractivity contribution >= 4 is 5.69 Å². The molecule has 3 rings (SSSR count). The molecule has 2 atom stereocenters. The minimum Gasteiger partial charge on any atom is -0.399 e. The molecule has 1 aliphatic heterocycles. The zero-order valence-electron chi connectivity index (χ0n) is 12.1. The number of nitrogens with zero attached hydrogens (tertiary/aromatic N) is 1. The van der Waals surface area contributed by atoms with E-state index in [9.17, 15) is 0 Å². The zero-order valence-corrected chi connectivity index (χ0v) is 12.1. The molecule has 0 bridgehead atoms. The predicted molar refractivity (Wildman–Crippen MR) is 81.0 cm³/mol. The third-order valence-corrected chi connectivity index (χ3v) is 5.22. The summed E-state index contributed by atoms with van der Waals surface area (Å²) < 4.78 is 0. The molecule has 2 fully saturated rings. The fourth-order valence-corrected chi connectivity index (χ4v) is 4.02. The summed E-state index contributed by atoms with van der Waals surface area (Å²) in [6, 6.07) is 7.19. The smallest absolute Gasteiger partial charge is 0.0346 e. The largest absolute Gasteiger partial charge is 0.399 e. The van der Waals surface area contributed by atoms with Crippen molar-refractivity contribution in [1.29, 1.82) is 0 Å². The summed E-state index contributed by atoms with van der Waals surface area (Å²) >= 11 is 0. The van der Waals surface area contributed by atoms with Gasteiger partial charge in [0, 0.05) is 18.3 Å². The second kappa shape index (κ2) is 5.54. The van der Waals surface area contributed by atoms with E-state index in [1.807, 2.05) is 6.07 Å². The fourth-order valence-electron chi connectivity index (χ4n) is 4.02. The standard InChI is InChI=1S/C17H26N2/c1-13-15(7-4-9-16(13)18)12-19-11-5-8-14-6-2-3-10-17(14)19/h4,7,9,14,17H,2-3,5-6,8,10-12,18H2,1H3. The highest BCUT2D eigenvalue weighted by Gasteiger charge is 2.33. The van der Waals surface area contributed by atoms with Gasteiger partial charge in [-0.3, -0.25) is 4.90 Å². The summed E-state index contributed by atoms with van der Waals surface area (Å²) in [5.74, 6) is 0.962. The molecule has 2 aliphatic rings. The zero-order chi connectivity index (χ0) is 13.2. The molecule has 0 spiro atoms. The first kappa shape index (κ1) is 13.0. The monoisotopic (exact) mass is 258 g/mol. The molecule has 1 aliphatic carbocycles. The van der Waals surface area contributed by atoms with Crippen LogP contribution in [0.5, 0.6) is 0 Å². The molecule has 19 heavy (non-hydrogen) atoms. The Labute approximate surface area is 117 Å². The van der Waals surface area contributed by atoms with Gasteiger partial charge in [0.2, 0.25) is 0 Å². The van der Waals surface area contributed by atoms with Crippen molar-refractivity contribution < 1.29 is 0 Å². The minimum absolute atomic E-state index is 0.836. The topological polar surface area (TPSA) is 29.3 Å². The van der Waals surface area contributed by atoms with Gasteiger partial charge in [0.25, 0.3) is 0 Å². The first-order valence-electron chi connectivity index (χ1n) is 7.83. The Balaban J connectivity index is 1.76. The Kier molecular flexibility index (Phi) is 3.79. The molecule has 1 saturated heterocycles. The highest BCUT2D eigenvalue weighted by molar-refractivity contribution is 5.49. The number of rotatable bonds is 2. The van der Waals surface area contributed by atoms with Crippen molar-refractivity contribution in [3.63, 3.8) is 0 Å². The molecular formula is C17H26N2. The van der Waals surface area contributed by atoms with E-state index in [1.54, 1.807) is 0 Å². The molecule has 0 amide bonds. The number of hydrogen-bond acceptors (Lipinski definition) is 2. The number of likely N-dealkylation sites (tertiary alicyclic amines) is 1. The summed E-state index contributed by atoms with van der Waals surface area (Å²) in [5, 5.41) is 0. The first-order valence-corrected chi connectivity index (χ1v) is 7.83. The van der Waals surface area contributed by atoms with Crippen LogP contribution in [0, 0.1) is 12.8 Å². The molecule has 1 heterocycles. The Morgan fingerprint density at radius 1 is 1.16 bits per heavy atom. The van der Waals surface area contributed by atoms with E-state index in [1.165, 1.54) is 56.2 Å². The van der Waals surface area contributed by atoms with Crippen LogP contribution in [0.1, 0.15) is 49.7 Å². The summed E-state index contributed by atoms with van der Waals surface area (Å²) in [6.45, 7) is 4.53. The highest BCUT2D eigenvalue weighted by atomic mass is 15.2. The van der Waals surface area contributed by atoms with Crippen molar-refractivity contribution in [1.82, 2.24) is 4.90 Å². The van der Waals surface area contributed by atoms with Gasteiger partial charge < -0.3 is 5.73 Å². The maximum Gasteiger partial charge on any atom is 0.0346 e. The van der Waals surface area contributed by atoms with Crippen molar-refractivity contribution in [2.24, 2.45) is 5.92 Å². The van der Waals surface area contributed by atoms with Gasteiger partial charge in [-0.05, 0) is 62.3 Å². The number of hydrogen-bond donors (Lipinski definition) is 1. The maximum absolute atomic E-state index is 6.04. The van der Waals surface area contributed by atoms with Crippen LogP contribution in [0.3, 0.4) is 0 Å². The molecule has 0 radical (unpaired) electrons. The fraction of sp³-hybridized carbons (Fsp3) is 0.647. The average molecular weight is 258 g/mol. The Hall–Kier alpha value is -1.02. The van der Waals surface area contributed by atoms with E-state index in [4.69, 9.17) is 5.73 Å². The van der Waals surface area contributed by atoms with E-state index < -0.39 is 0 Å². The van der Waals surface area contributed by atoms with Gasteiger partial charge in [0.05, 0.1) is 0 Å². The van der Waals surface area contributed by atoms with Gasteiger partial charge in [-0.15, -0.1) is 0 Å².